The highest BCUT2D eigenvalue weighted by molar-refractivity contribution is 6.21. The summed E-state index contributed by atoms with van der Waals surface area (Å²) in [5, 5.41) is 4.45. The van der Waals surface area contributed by atoms with Crippen molar-refractivity contribution in [3.63, 3.8) is 0 Å². The molecule has 2 heterocycles. The van der Waals surface area contributed by atoms with Gasteiger partial charge in [-0.05, 0) is 63.4 Å². The molecule has 0 N–H and O–H groups in total. The number of imide groups is 1. The molecule has 1 aromatic carbocycles. The maximum atomic E-state index is 12.8. The van der Waals surface area contributed by atoms with Crippen LogP contribution in [0.15, 0.2) is 18.2 Å². The van der Waals surface area contributed by atoms with E-state index in [0.717, 1.165) is 28.1 Å². The van der Waals surface area contributed by atoms with Crippen molar-refractivity contribution in [3.8, 4) is 0 Å². The molecule has 0 bridgehead atoms. The molecule has 0 aliphatic carbocycles. The van der Waals surface area contributed by atoms with Gasteiger partial charge in [-0.15, -0.1) is 0 Å². The van der Waals surface area contributed by atoms with Gasteiger partial charge in [-0.25, -0.2) is 4.90 Å². The lowest BCUT2D eigenvalue weighted by Gasteiger charge is -2.17. The Labute approximate surface area is 135 Å². The monoisotopic (exact) mass is 311 g/mol. The Hall–Kier alpha value is -2.43. The smallest absolute Gasteiger partial charge is 0.259 e. The first-order valence-corrected chi connectivity index (χ1v) is 7.77. The summed E-state index contributed by atoms with van der Waals surface area (Å²) in [6, 6.07) is 5.11. The molecule has 120 valence electrons. The summed E-state index contributed by atoms with van der Waals surface area (Å²) in [6.45, 7) is 9.82. The lowest BCUT2D eigenvalue weighted by Crippen LogP contribution is -2.31. The van der Waals surface area contributed by atoms with Crippen LogP contribution in [-0.4, -0.2) is 21.6 Å². The van der Waals surface area contributed by atoms with Crippen LogP contribution in [0.4, 0.5) is 5.69 Å². The fraction of sp³-hybridized carbons (Fsp3) is 0.389. The molecule has 2 aromatic rings. The molecule has 1 aliphatic rings. The number of anilines is 1. The fourth-order valence-corrected chi connectivity index (χ4v) is 2.99. The molecule has 2 amide bonds. The number of carbonyl (C=O) groups excluding carboxylic acids is 2. The number of hydrogen-bond donors (Lipinski definition) is 0. The van der Waals surface area contributed by atoms with Crippen LogP contribution in [0.1, 0.15) is 40.5 Å². The average Bonchev–Trinajstić information content (AvgIpc) is 2.93. The molecule has 5 heteroatoms. The minimum absolute atomic E-state index is 0.160. The summed E-state index contributed by atoms with van der Waals surface area (Å²) in [5.74, 6) is -0.377. The van der Waals surface area contributed by atoms with Gasteiger partial charge in [0.05, 0.1) is 17.8 Å². The molecule has 5 nitrogen and oxygen atoms in total. The van der Waals surface area contributed by atoms with E-state index in [1.54, 1.807) is 4.68 Å². The fourth-order valence-electron chi connectivity index (χ4n) is 2.99. The molecule has 3 rings (SSSR count). The Kier molecular flexibility index (Phi) is 3.59. The standard InChI is InChI=1S/C18H21N3O2/c1-10-6-7-15(8-11(10)2)20-17(22)9-16(18(20)23)21-14(5)12(3)13(4)19-21/h6-8,16H,9H2,1-5H3/t16-/m1/s1. The van der Waals surface area contributed by atoms with Crippen molar-refractivity contribution in [2.45, 2.75) is 47.1 Å². The molecule has 0 saturated carbocycles. The molecule has 1 aromatic heterocycles. The first kappa shape index (κ1) is 15.5. The van der Waals surface area contributed by atoms with E-state index in [2.05, 4.69) is 5.10 Å². The number of aromatic nitrogens is 2. The maximum absolute atomic E-state index is 12.8. The van der Waals surface area contributed by atoms with Gasteiger partial charge in [0.15, 0.2) is 0 Å². The van der Waals surface area contributed by atoms with Gasteiger partial charge in [-0.1, -0.05) is 6.07 Å². The van der Waals surface area contributed by atoms with E-state index in [1.165, 1.54) is 4.90 Å². The second kappa shape index (κ2) is 5.33. The first-order chi connectivity index (χ1) is 10.8. The topological polar surface area (TPSA) is 55.2 Å². The zero-order valence-corrected chi connectivity index (χ0v) is 14.2. The number of aryl methyl sites for hydroxylation is 3. The van der Waals surface area contributed by atoms with Crippen LogP contribution < -0.4 is 4.90 Å². The van der Waals surface area contributed by atoms with Crippen LogP contribution in [-0.2, 0) is 9.59 Å². The van der Waals surface area contributed by atoms with Crippen LogP contribution in [0.2, 0.25) is 0 Å². The van der Waals surface area contributed by atoms with E-state index in [9.17, 15) is 9.59 Å². The van der Waals surface area contributed by atoms with E-state index in [1.807, 2.05) is 52.8 Å². The highest BCUT2D eigenvalue weighted by Crippen LogP contribution is 2.31. The summed E-state index contributed by atoms with van der Waals surface area (Å²) in [5.41, 5.74) is 5.74. The molecular weight excluding hydrogens is 290 g/mol. The molecule has 0 spiro atoms. The third-order valence-corrected chi connectivity index (χ3v) is 4.85. The number of rotatable bonds is 2. The summed E-state index contributed by atoms with van der Waals surface area (Å²) >= 11 is 0. The molecule has 1 saturated heterocycles. The molecule has 0 unspecified atom stereocenters. The predicted octanol–water partition coefficient (Wildman–Crippen LogP) is 2.93. The third-order valence-electron chi connectivity index (χ3n) is 4.85. The quantitative estimate of drug-likeness (QED) is 0.801. The predicted molar refractivity (Wildman–Crippen MR) is 88.5 cm³/mol. The normalized spacial score (nSPS) is 18.1. The zero-order chi connectivity index (χ0) is 16.9. The van der Waals surface area contributed by atoms with Crippen LogP contribution in [0.25, 0.3) is 0 Å². The third kappa shape index (κ3) is 2.36. The van der Waals surface area contributed by atoms with E-state index < -0.39 is 6.04 Å². The maximum Gasteiger partial charge on any atom is 0.259 e. The van der Waals surface area contributed by atoms with Crippen molar-refractivity contribution in [1.29, 1.82) is 0 Å². The lowest BCUT2D eigenvalue weighted by molar-refractivity contribution is -0.122. The van der Waals surface area contributed by atoms with Gasteiger partial charge < -0.3 is 0 Å². The number of nitrogens with zero attached hydrogens (tertiary/aromatic N) is 3. The molecule has 1 atom stereocenters. The number of benzene rings is 1. The van der Waals surface area contributed by atoms with Crippen molar-refractivity contribution in [3.05, 3.63) is 46.3 Å². The molecular formula is C18H21N3O2. The Bertz CT molecular complexity index is 820. The Morgan fingerprint density at radius 2 is 1.74 bits per heavy atom. The highest BCUT2D eigenvalue weighted by Gasteiger charge is 2.42. The zero-order valence-electron chi connectivity index (χ0n) is 14.2. The van der Waals surface area contributed by atoms with E-state index in [-0.39, 0.29) is 18.2 Å². The van der Waals surface area contributed by atoms with E-state index >= 15 is 0 Å². The van der Waals surface area contributed by atoms with Gasteiger partial charge in [0.25, 0.3) is 5.91 Å². The molecule has 1 fully saturated rings. The second-order valence-electron chi connectivity index (χ2n) is 6.30. The van der Waals surface area contributed by atoms with Crippen molar-refractivity contribution in [2.24, 2.45) is 0 Å². The van der Waals surface area contributed by atoms with Gasteiger partial charge in [0.2, 0.25) is 5.91 Å². The van der Waals surface area contributed by atoms with Gasteiger partial charge >= 0.3 is 0 Å². The average molecular weight is 311 g/mol. The van der Waals surface area contributed by atoms with Crippen LogP contribution in [0, 0.1) is 34.6 Å². The summed E-state index contributed by atoms with van der Waals surface area (Å²) in [4.78, 5) is 26.6. The minimum atomic E-state index is -0.545. The SMILES string of the molecule is Cc1ccc(N2C(=O)C[C@@H](n3nc(C)c(C)c3C)C2=O)cc1C. The summed E-state index contributed by atoms with van der Waals surface area (Å²) in [6.07, 6.45) is 0.160. The number of carbonyl (C=O) groups is 2. The van der Waals surface area contributed by atoms with Crippen molar-refractivity contribution < 1.29 is 9.59 Å². The Balaban J connectivity index is 1.99. The first-order valence-electron chi connectivity index (χ1n) is 7.77. The summed E-state index contributed by atoms with van der Waals surface area (Å²) in [7, 11) is 0. The number of amides is 2. The minimum Gasteiger partial charge on any atom is -0.274 e. The van der Waals surface area contributed by atoms with Gasteiger partial charge in [0, 0.05) is 5.69 Å². The van der Waals surface area contributed by atoms with Crippen LogP contribution in [0.3, 0.4) is 0 Å². The van der Waals surface area contributed by atoms with E-state index in [0.29, 0.717) is 5.69 Å². The van der Waals surface area contributed by atoms with Crippen molar-refractivity contribution >= 4 is 17.5 Å². The molecule has 1 aliphatic heterocycles. The largest absolute Gasteiger partial charge is 0.274 e. The lowest BCUT2D eigenvalue weighted by atomic mass is 10.1. The summed E-state index contributed by atoms with van der Waals surface area (Å²) < 4.78 is 1.70. The second-order valence-corrected chi connectivity index (χ2v) is 6.30. The molecule has 0 radical (unpaired) electrons. The van der Waals surface area contributed by atoms with Crippen LogP contribution >= 0.6 is 0 Å². The van der Waals surface area contributed by atoms with Gasteiger partial charge in [-0.2, -0.15) is 5.10 Å². The van der Waals surface area contributed by atoms with Crippen LogP contribution in [0.5, 0.6) is 0 Å². The van der Waals surface area contributed by atoms with E-state index in [4.69, 9.17) is 0 Å². The van der Waals surface area contributed by atoms with Gasteiger partial charge in [0.1, 0.15) is 6.04 Å². The highest BCUT2D eigenvalue weighted by atomic mass is 16.2. The Morgan fingerprint density at radius 1 is 1.04 bits per heavy atom. The number of hydrogen-bond acceptors (Lipinski definition) is 3. The van der Waals surface area contributed by atoms with Crippen molar-refractivity contribution in [2.75, 3.05) is 4.90 Å². The Morgan fingerprint density at radius 3 is 2.30 bits per heavy atom. The molecule has 23 heavy (non-hydrogen) atoms. The van der Waals surface area contributed by atoms with Gasteiger partial charge in [-0.3, -0.25) is 14.3 Å². The van der Waals surface area contributed by atoms with Crippen molar-refractivity contribution in [1.82, 2.24) is 9.78 Å².